The molecule has 1 heterocycles. The Labute approximate surface area is 137 Å². The number of carbonyl (C=O) groups excluding carboxylic acids is 1. The summed E-state index contributed by atoms with van der Waals surface area (Å²) in [5.41, 5.74) is 4.59. The van der Waals surface area contributed by atoms with Crippen LogP contribution >= 0.6 is 22.9 Å². The molecule has 110 valence electrons. The van der Waals surface area contributed by atoms with Gasteiger partial charge in [0.1, 0.15) is 4.88 Å². The van der Waals surface area contributed by atoms with Crippen molar-refractivity contribution in [2.75, 3.05) is 0 Å². The van der Waals surface area contributed by atoms with Crippen LogP contribution in [0.5, 0.6) is 0 Å². The third-order valence-electron chi connectivity index (χ3n) is 3.30. The minimum Gasteiger partial charge on any atom is -0.266 e. The van der Waals surface area contributed by atoms with Crippen molar-refractivity contribution in [1.29, 1.82) is 0 Å². The number of rotatable bonds is 3. The second kappa shape index (κ2) is 6.30. The van der Waals surface area contributed by atoms with E-state index in [1.54, 1.807) is 6.21 Å². The lowest BCUT2D eigenvalue weighted by Crippen LogP contribution is -2.16. The Morgan fingerprint density at radius 3 is 2.68 bits per heavy atom. The molecule has 3 aromatic rings. The molecule has 0 aliphatic heterocycles. The molecule has 3 nitrogen and oxygen atoms in total. The van der Waals surface area contributed by atoms with E-state index in [4.69, 9.17) is 11.6 Å². The van der Waals surface area contributed by atoms with Crippen molar-refractivity contribution in [3.63, 3.8) is 0 Å². The van der Waals surface area contributed by atoms with Crippen molar-refractivity contribution >= 4 is 45.1 Å². The smallest absolute Gasteiger partial charge is 0.266 e. The van der Waals surface area contributed by atoms with Crippen LogP contribution in [0.3, 0.4) is 0 Å². The van der Waals surface area contributed by atoms with Crippen LogP contribution in [0.15, 0.2) is 53.6 Å². The van der Waals surface area contributed by atoms with E-state index in [1.165, 1.54) is 11.3 Å². The van der Waals surface area contributed by atoms with Crippen molar-refractivity contribution in [2.45, 2.75) is 6.92 Å². The van der Waals surface area contributed by atoms with Crippen molar-refractivity contribution < 1.29 is 4.79 Å². The van der Waals surface area contributed by atoms with Gasteiger partial charge in [-0.3, -0.25) is 4.79 Å². The third kappa shape index (κ3) is 2.89. The maximum Gasteiger partial charge on any atom is 0.283 e. The largest absolute Gasteiger partial charge is 0.283 e. The minimum atomic E-state index is -0.295. The number of aryl methyl sites for hydroxylation is 1. The number of thiophene rings is 1. The van der Waals surface area contributed by atoms with Crippen LogP contribution in [-0.4, -0.2) is 12.1 Å². The first-order valence-corrected chi connectivity index (χ1v) is 7.92. The highest BCUT2D eigenvalue weighted by molar-refractivity contribution is 7.21. The van der Waals surface area contributed by atoms with E-state index in [-0.39, 0.29) is 5.91 Å². The Bertz CT molecular complexity index is 870. The second-order valence-corrected chi connectivity index (χ2v) is 6.23. The van der Waals surface area contributed by atoms with Gasteiger partial charge in [-0.1, -0.05) is 54.1 Å². The molecule has 22 heavy (non-hydrogen) atoms. The summed E-state index contributed by atoms with van der Waals surface area (Å²) < 4.78 is 0.987. The SMILES string of the molecule is Cc1ccccc1/C=N/NC(=O)c1sc2ccccc2c1Cl. The predicted molar refractivity (Wildman–Crippen MR) is 93.1 cm³/mol. The van der Waals surface area contributed by atoms with Crippen LogP contribution in [-0.2, 0) is 0 Å². The number of hydrogen-bond donors (Lipinski definition) is 1. The zero-order valence-corrected chi connectivity index (χ0v) is 13.4. The van der Waals surface area contributed by atoms with Gasteiger partial charge in [0.15, 0.2) is 0 Å². The number of carbonyl (C=O) groups is 1. The topological polar surface area (TPSA) is 41.5 Å². The van der Waals surface area contributed by atoms with E-state index < -0.39 is 0 Å². The number of halogens is 1. The number of benzene rings is 2. The van der Waals surface area contributed by atoms with Gasteiger partial charge in [0.05, 0.1) is 11.2 Å². The number of hydrogen-bond acceptors (Lipinski definition) is 3. The summed E-state index contributed by atoms with van der Waals surface area (Å²) >= 11 is 7.63. The summed E-state index contributed by atoms with van der Waals surface area (Å²) in [6.07, 6.45) is 1.63. The number of amides is 1. The normalized spacial score (nSPS) is 11.2. The van der Waals surface area contributed by atoms with E-state index in [0.29, 0.717) is 9.90 Å². The van der Waals surface area contributed by atoms with Crippen LogP contribution in [0.1, 0.15) is 20.8 Å². The minimum absolute atomic E-state index is 0.295. The summed E-state index contributed by atoms with van der Waals surface area (Å²) in [6.45, 7) is 1.99. The molecule has 5 heteroatoms. The molecule has 0 aliphatic carbocycles. The molecular formula is C17H13ClN2OS. The summed E-state index contributed by atoms with van der Waals surface area (Å²) in [5.74, 6) is -0.295. The molecule has 2 aromatic carbocycles. The predicted octanol–water partition coefficient (Wildman–Crippen LogP) is 4.63. The van der Waals surface area contributed by atoms with Gasteiger partial charge >= 0.3 is 0 Å². The fraction of sp³-hybridized carbons (Fsp3) is 0.0588. The van der Waals surface area contributed by atoms with E-state index in [0.717, 1.165) is 21.2 Å². The molecule has 0 bridgehead atoms. The summed E-state index contributed by atoms with van der Waals surface area (Å²) in [6, 6.07) is 15.5. The maximum absolute atomic E-state index is 12.2. The number of hydrazone groups is 1. The average Bonchev–Trinajstić information content (AvgIpc) is 2.87. The maximum atomic E-state index is 12.2. The molecular weight excluding hydrogens is 316 g/mol. The van der Waals surface area contributed by atoms with Crippen LogP contribution in [0.25, 0.3) is 10.1 Å². The molecule has 1 amide bonds. The summed E-state index contributed by atoms with van der Waals surface area (Å²) in [5, 5.41) is 5.38. The van der Waals surface area contributed by atoms with Crippen LogP contribution in [0.2, 0.25) is 5.02 Å². The number of nitrogens with zero attached hydrogens (tertiary/aromatic N) is 1. The first-order valence-electron chi connectivity index (χ1n) is 6.73. The lowest BCUT2D eigenvalue weighted by Gasteiger charge is -1.99. The Hall–Kier alpha value is -2.17. The van der Waals surface area contributed by atoms with Gasteiger partial charge in [-0.05, 0) is 24.1 Å². The van der Waals surface area contributed by atoms with Gasteiger partial charge in [-0.25, -0.2) is 5.43 Å². The third-order valence-corrected chi connectivity index (χ3v) is 4.97. The Morgan fingerprint density at radius 1 is 1.18 bits per heavy atom. The van der Waals surface area contributed by atoms with Crippen LogP contribution in [0, 0.1) is 6.92 Å². The molecule has 0 fully saturated rings. The van der Waals surface area contributed by atoms with E-state index >= 15 is 0 Å². The molecule has 0 saturated heterocycles. The van der Waals surface area contributed by atoms with Crippen molar-refractivity contribution in [3.8, 4) is 0 Å². The van der Waals surface area contributed by atoms with Crippen molar-refractivity contribution in [2.24, 2.45) is 5.10 Å². The van der Waals surface area contributed by atoms with E-state index in [1.807, 2.05) is 55.5 Å². The Kier molecular flexibility index (Phi) is 4.22. The standard InChI is InChI=1S/C17H13ClN2OS/c1-11-6-2-3-7-12(11)10-19-20-17(21)16-15(18)13-8-4-5-9-14(13)22-16/h2-10H,1H3,(H,20,21)/b19-10+. The molecule has 0 unspecified atom stereocenters. The molecule has 0 aliphatic rings. The van der Waals surface area contributed by atoms with Crippen LogP contribution in [0.4, 0.5) is 0 Å². The first kappa shape index (κ1) is 14.8. The lowest BCUT2D eigenvalue weighted by molar-refractivity contribution is 0.0959. The fourth-order valence-electron chi connectivity index (χ4n) is 2.10. The molecule has 0 saturated carbocycles. The van der Waals surface area contributed by atoms with Crippen molar-refractivity contribution in [3.05, 3.63) is 69.6 Å². The van der Waals surface area contributed by atoms with Crippen LogP contribution < -0.4 is 5.43 Å². The van der Waals surface area contributed by atoms with Gasteiger partial charge in [0.25, 0.3) is 5.91 Å². The molecule has 0 spiro atoms. The van der Waals surface area contributed by atoms with Crippen molar-refractivity contribution in [1.82, 2.24) is 5.43 Å². The van der Waals surface area contributed by atoms with Gasteiger partial charge in [-0.2, -0.15) is 5.10 Å². The molecule has 0 atom stereocenters. The Balaban J connectivity index is 1.79. The average molecular weight is 329 g/mol. The summed E-state index contributed by atoms with van der Waals surface area (Å²) in [7, 11) is 0. The van der Waals surface area contributed by atoms with Gasteiger partial charge in [0, 0.05) is 10.1 Å². The highest BCUT2D eigenvalue weighted by Crippen LogP contribution is 2.34. The monoisotopic (exact) mass is 328 g/mol. The van der Waals surface area contributed by atoms with E-state index in [9.17, 15) is 4.79 Å². The van der Waals surface area contributed by atoms with Gasteiger partial charge in [0.2, 0.25) is 0 Å². The van der Waals surface area contributed by atoms with Gasteiger partial charge in [-0.15, -0.1) is 11.3 Å². The number of nitrogens with one attached hydrogen (secondary N) is 1. The first-order chi connectivity index (χ1) is 10.7. The molecule has 0 radical (unpaired) electrons. The quantitative estimate of drug-likeness (QED) is 0.553. The lowest BCUT2D eigenvalue weighted by atomic mass is 10.1. The zero-order valence-electron chi connectivity index (χ0n) is 11.8. The highest BCUT2D eigenvalue weighted by atomic mass is 35.5. The van der Waals surface area contributed by atoms with E-state index in [2.05, 4.69) is 10.5 Å². The molecule has 1 N–H and O–H groups in total. The second-order valence-electron chi connectivity index (χ2n) is 4.80. The van der Waals surface area contributed by atoms with Gasteiger partial charge < -0.3 is 0 Å². The highest BCUT2D eigenvalue weighted by Gasteiger charge is 2.16. The molecule has 1 aromatic heterocycles. The summed E-state index contributed by atoms with van der Waals surface area (Å²) in [4.78, 5) is 12.7. The Morgan fingerprint density at radius 2 is 1.91 bits per heavy atom. The number of fused-ring (bicyclic) bond motifs is 1. The zero-order chi connectivity index (χ0) is 15.5. The fourth-order valence-corrected chi connectivity index (χ4v) is 3.51. The molecule has 3 rings (SSSR count).